The van der Waals surface area contributed by atoms with Crippen LogP contribution in [-0.2, 0) is 0 Å². The summed E-state index contributed by atoms with van der Waals surface area (Å²) in [6.07, 6.45) is 4.85. The van der Waals surface area contributed by atoms with Crippen LogP contribution in [-0.4, -0.2) is 9.55 Å². The Bertz CT molecular complexity index is 1070. The van der Waals surface area contributed by atoms with Gasteiger partial charge in [0.1, 0.15) is 5.58 Å². The van der Waals surface area contributed by atoms with Crippen molar-refractivity contribution < 1.29 is 4.42 Å². The Morgan fingerprint density at radius 3 is 2.57 bits per heavy atom. The number of rotatable bonds is 1. The molecule has 3 aromatic rings. The number of fused-ring (bicyclic) bond motifs is 3. The maximum absolute atomic E-state index is 12.5. The van der Waals surface area contributed by atoms with E-state index >= 15 is 0 Å². The van der Waals surface area contributed by atoms with Gasteiger partial charge in [0.2, 0.25) is 0 Å². The van der Waals surface area contributed by atoms with Gasteiger partial charge >= 0.3 is 16.7 Å². The normalized spacial score (nSPS) is 16.2. The van der Waals surface area contributed by atoms with E-state index in [4.69, 9.17) is 4.42 Å². The molecular weight excluding hydrogens is 296 g/mol. The van der Waals surface area contributed by atoms with Gasteiger partial charge in [-0.1, -0.05) is 31.4 Å². The Morgan fingerprint density at radius 2 is 1.78 bits per heavy atom. The second-order valence-corrected chi connectivity index (χ2v) is 6.03. The van der Waals surface area contributed by atoms with Crippen LogP contribution >= 0.6 is 0 Å². The first kappa shape index (κ1) is 14.0. The smallest absolute Gasteiger partial charge is 0.362 e. The van der Waals surface area contributed by atoms with Gasteiger partial charge in [-0.25, -0.2) is 4.79 Å². The standard InChI is InChI=1S/C17H16N2O4/c20-15-16(21)19(10-6-2-1-3-7-10)14-11-8-4-5-9-12(11)23-17(22)13(14)18-15/h4-5,8-10H,1-3,6-7H2,(H,18,20). The van der Waals surface area contributed by atoms with Crippen LogP contribution in [0.1, 0.15) is 38.1 Å². The van der Waals surface area contributed by atoms with Gasteiger partial charge < -0.3 is 9.40 Å². The van der Waals surface area contributed by atoms with E-state index < -0.39 is 16.7 Å². The van der Waals surface area contributed by atoms with Crippen molar-refractivity contribution in [1.29, 1.82) is 0 Å². The Labute approximate surface area is 130 Å². The minimum atomic E-state index is -0.773. The Hall–Kier alpha value is -2.63. The number of H-pyrrole nitrogens is 1. The van der Waals surface area contributed by atoms with Crippen LogP contribution in [0.4, 0.5) is 0 Å². The van der Waals surface area contributed by atoms with Gasteiger partial charge in [0.15, 0.2) is 5.52 Å². The van der Waals surface area contributed by atoms with Crippen LogP contribution in [0, 0.1) is 0 Å². The Morgan fingerprint density at radius 1 is 1.04 bits per heavy atom. The van der Waals surface area contributed by atoms with Crippen molar-refractivity contribution in [3.8, 4) is 0 Å². The van der Waals surface area contributed by atoms with E-state index in [1.54, 1.807) is 18.2 Å². The highest BCUT2D eigenvalue weighted by Crippen LogP contribution is 2.30. The molecule has 1 saturated carbocycles. The van der Waals surface area contributed by atoms with Crippen LogP contribution < -0.4 is 16.7 Å². The first-order valence-corrected chi connectivity index (χ1v) is 7.87. The first-order chi connectivity index (χ1) is 11.2. The molecule has 23 heavy (non-hydrogen) atoms. The summed E-state index contributed by atoms with van der Waals surface area (Å²) in [5, 5.41) is 0.668. The fourth-order valence-corrected chi connectivity index (χ4v) is 3.56. The topological polar surface area (TPSA) is 85.1 Å². The highest BCUT2D eigenvalue weighted by molar-refractivity contribution is 6.00. The van der Waals surface area contributed by atoms with E-state index in [1.165, 1.54) is 4.57 Å². The van der Waals surface area contributed by atoms with Gasteiger partial charge in [0.05, 0.1) is 5.52 Å². The molecule has 118 valence electrons. The largest absolute Gasteiger partial charge is 0.421 e. The number of para-hydroxylation sites is 1. The molecule has 4 rings (SSSR count). The lowest BCUT2D eigenvalue weighted by Gasteiger charge is -2.25. The van der Waals surface area contributed by atoms with E-state index in [0.29, 0.717) is 16.5 Å². The van der Waals surface area contributed by atoms with Gasteiger partial charge in [-0.05, 0) is 25.0 Å². The predicted octanol–water partition coefficient (Wildman–Crippen LogP) is 2.30. The van der Waals surface area contributed by atoms with Gasteiger partial charge in [-0.3, -0.25) is 14.2 Å². The number of aromatic amines is 1. The lowest BCUT2D eigenvalue weighted by Crippen LogP contribution is -2.40. The summed E-state index contributed by atoms with van der Waals surface area (Å²) in [7, 11) is 0. The van der Waals surface area contributed by atoms with Gasteiger partial charge in [0, 0.05) is 11.4 Å². The molecule has 2 aromatic heterocycles. The molecule has 1 fully saturated rings. The van der Waals surface area contributed by atoms with Crippen LogP contribution in [0.5, 0.6) is 0 Å². The molecule has 0 aliphatic heterocycles. The van der Waals surface area contributed by atoms with Crippen molar-refractivity contribution in [2.45, 2.75) is 38.1 Å². The quantitative estimate of drug-likeness (QED) is 0.424. The molecule has 2 heterocycles. The maximum atomic E-state index is 12.5. The molecule has 6 heteroatoms. The third-order valence-electron chi connectivity index (χ3n) is 4.62. The summed E-state index contributed by atoms with van der Waals surface area (Å²) in [6.45, 7) is 0. The maximum Gasteiger partial charge on any atom is 0.362 e. The van der Waals surface area contributed by atoms with Crippen molar-refractivity contribution in [2.24, 2.45) is 0 Å². The molecule has 1 aromatic carbocycles. The molecule has 6 nitrogen and oxygen atoms in total. The molecule has 0 atom stereocenters. The summed E-state index contributed by atoms with van der Waals surface area (Å²) < 4.78 is 6.79. The van der Waals surface area contributed by atoms with E-state index in [0.717, 1.165) is 32.1 Å². The second kappa shape index (κ2) is 5.22. The average molecular weight is 312 g/mol. The van der Waals surface area contributed by atoms with Crippen molar-refractivity contribution in [1.82, 2.24) is 9.55 Å². The summed E-state index contributed by atoms with van der Waals surface area (Å²) in [5.41, 5.74) is -1.03. The second-order valence-electron chi connectivity index (χ2n) is 6.03. The number of hydrogen-bond acceptors (Lipinski definition) is 4. The minimum Gasteiger partial charge on any atom is -0.421 e. The summed E-state index contributed by atoms with van der Waals surface area (Å²) in [4.78, 5) is 39.2. The Balaban J connectivity index is 2.22. The SMILES string of the molecule is O=c1[nH]c2c(=O)oc3ccccc3c2n(C2CCCCC2)c1=O. The first-order valence-electron chi connectivity index (χ1n) is 7.87. The lowest BCUT2D eigenvalue weighted by atomic mass is 9.95. The highest BCUT2D eigenvalue weighted by Gasteiger charge is 2.22. The summed E-state index contributed by atoms with van der Waals surface area (Å²) >= 11 is 0. The number of aromatic nitrogens is 2. The van der Waals surface area contributed by atoms with E-state index in [1.807, 2.05) is 6.07 Å². The number of hydrogen-bond donors (Lipinski definition) is 1. The molecule has 1 aliphatic rings. The Kier molecular flexibility index (Phi) is 3.18. The van der Waals surface area contributed by atoms with E-state index in [2.05, 4.69) is 4.98 Å². The molecule has 0 spiro atoms. The van der Waals surface area contributed by atoms with Gasteiger partial charge in [0.25, 0.3) is 0 Å². The van der Waals surface area contributed by atoms with E-state index in [-0.39, 0.29) is 11.6 Å². The molecule has 0 radical (unpaired) electrons. The molecular formula is C17H16N2O4. The molecule has 0 saturated heterocycles. The third kappa shape index (κ3) is 2.13. The summed E-state index contributed by atoms with van der Waals surface area (Å²) in [6, 6.07) is 7.04. The third-order valence-corrected chi connectivity index (χ3v) is 4.62. The minimum absolute atomic E-state index is 0.0498. The van der Waals surface area contributed by atoms with Crippen LogP contribution in [0.15, 0.2) is 43.1 Å². The number of nitrogens with one attached hydrogen (secondary N) is 1. The zero-order valence-electron chi connectivity index (χ0n) is 12.5. The predicted molar refractivity (Wildman–Crippen MR) is 87.0 cm³/mol. The number of benzene rings is 1. The highest BCUT2D eigenvalue weighted by atomic mass is 16.4. The lowest BCUT2D eigenvalue weighted by molar-refractivity contribution is 0.353. The van der Waals surface area contributed by atoms with Crippen LogP contribution in [0.25, 0.3) is 22.0 Å². The zero-order valence-corrected chi connectivity index (χ0v) is 12.5. The van der Waals surface area contributed by atoms with Gasteiger partial charge in [-0.2, -0.15) is 0 Å². The molecule has 0 amide bonds. The van der Waals surface area contributed by atoms with Gasteiger partial charge in [-0.15, -0.1) is 0 Å². The molecule has 0 unspecified atom stereocenters. The fraction of sp³-hybridized carbons (Fsp3) is 0.353. The van der Waals surface area contributed by atoms with Crippen LogP contribution in [0.2, 0.25) is 0 Å². The zero-order chi connectivity index (χ0) is 16.0. The van der Waals surface area contributed by atoms with Crippen molar-refractivity contribution in [3.05, 3.63) is 55.4 Å². The monoisotopic (exact) mass is 312 g/mol. The molecule has 0 bridgehead atoms. The molecule has 1 aliphatic carbocycles. The molecule has 1 N–H and O–H groups in total. The van der Waals surface area contributed by atoms with Crippen molar-refractivity contribution in [3.63, 3.8) is 0 Å². The van der Waals surface area contributed by atoms with E-state index in [9.17, 15) is 14.4 Å². The summed E-state index contributed by atoms with van der Waals surface area (Å²) in [5.74, 6) is 0. The van der Waals surface area contributed by atoms with Crippen molar-refractivity contribution >= 4 is 22.0 Å². The average Bonchev–Trinajstić information content (AvgIpc) is 2.57. The van der Waals surface area contributed by atoms with Crippen molar-refractivity contribution in [2.75, 3.05) is 0 Å². The number of nitrogens with zero attached hydrogens (tertiary/aromatic N) is 1. The fourth-order valence-electron chi connectivity index (χ4n) is 3.56. The van der Waals surface area contributed by atoms with Crippen LogP contribution in [0.3, 0.4) is 0 Å².